The van der Waals surface area contributed by atoms with E-state index >= 15 is 0 Å². The molecular weight excluding hydrogens is 226 g/mol. The van der Waals surface area contributed by atoms with Crippen LogP contribution in [0, 0.1) is 0 Å². The van der Waals surface area contributed by atoms with Crippen molar-refractivity contribution in [2.75, 3.05) is 0 Å². The maximum Gasteiger partial charge on any atom is 0 e. The molecule has 0 bridgehead atoms. The Balaban J connectivity index is -0.000000245. The molecule has 0 aliphatic carbocycles. The van der Waals surface area contributed by atoms with Crippen molar-refractivity contribution in [1.29, 1.82) is 0 Å². The van der Waals surface area contributed by atoms with Crippen LogP contribution in [0.4, 0.5) is 13.6 Å². The number of phosphoric acid groups is 1. The van der Waals surface area contributed by atoms with Crippen LogP contribution >= 0.6 is 7.82 Å². The van der Waals surface area contributed by atoms with Crippen LogP contribution < -0.4 is 0 Å². The van der Waals surface area contributed by atoms with E-state index in [0.717, 1.165) is 0 Å². The number of rotatable bonds is 3. The Morgan fingerprint density at radius 3 is 1.20 bits per heavy atom. The summed E-state index contributed by atoms with van der Waals surface area (Å²) in [6, 6.07) is 0. The van der Waals surface area contributed by atoms with Crippen molar-refractivity contribution in [3.05, 3.63) is 0 Å². The molecular formula is HF3NaO4PV. The van der Waals surface area contributed by atoms with Gasteiger partial charge >= 0.3 is 37.4 Å². The van der Waals surface area contributed by atoms with Gasteiger partial charge in [-0.3, -0.25) is 0 Å². The summed E-state index contributed by atoms with van der Waals surface area (Å²) in [6.07, 6.45) is 0. The van der Waals surface area contributed by atoms with Crippen molar-refractivity contribution in [3.8, 4) is 0 Å². The summed E-state index contributed by atoms with van der Waals surface area (Å²) >= 11 is 0. The predicted molar refractivity (Wildman–Crippen MR) is 21.3 cm³/mol. The molecule has 0 fully saturated rings. The molecule has 0 aliphatic rings. The van der Waals surface area contributed by atoms with Gasteiger partial charge in [-0.2, -0.15) is 0 Å². The van der Waals surface area contributed by atoms with Crippen LogP contribution in [0.2, 0.25) is 0 Å². The topological polar surface area (TPSA) is 44.8 Å². The van der Waals surface area contributed by atoms with Crippen LogP contribution in [-0.4, -0.2) is 29.6 Å². The summed E-state index contributed by atoms with van der Waals surface area (Å²) in [6.45, 7) is 0. The Labute approximate surface area is 87.9 Å². The van der Waals surface area contributed by atoms with E-state index in [1.807, 2.05) is 0 Å². The zero-order valence-electron chi connectivity index (χ0n) is 3.66. The van der Waals surface area contributed by atoms with E-state index in [2.05, 4.69) is 14.2 Å². The fraction of sp³-hybridized carbons (Fsp3) is 0. The zero-order chi connectivity index (χ0) is 6.62. The molecule has 0 aromatic carbocycles. The summed E-state index contributed by atoms with van der Waals surface area (Å²) in [5.74, 6) is 0. The second-order valence-electron chi connectivity index (χ2n) is 0.654. The van der Waals surface area contributed by atoms with Gasteiger partial charge in [0.25, 0.3) is 0 Å². The summed E-state index contributed by atoms with van der Waals surface area (Å²) < 4.78 is 47.5. The van der Waals surface area contributed by atoms with Crippen molar-refractivity contribution in [3.63, 3.8) is 0 Å². The molecule has 57 valence electrons. The Bertz CT molecular complexity index is 91.7. The molecule has 4 nitrogen and oxygen atoms in total. The maximum atomic E-state index is 10.5. The molecule has 0 aromatic heterocycles. The predicted octanol–water partition coefficient (Wildman–Crippen LogP) is 1.15. The van der Waals surface area contributed by atoms with E-state index < -0.39 is 7.82 Å². The summed E-state index contributed by atoms with van der Waals surface area (Å²) in [4.78, 5) is 0. The van der Waals surface area contributed by atoms with Gasteiger partial charge in [0.2, 0.25) is 0 Å². The fourth-order valence-corrected chi connectivity index (χ4v) is 0.0958. The summed E-state index contributed by atoms with van der Waals surface area (Å²) in [5.41, 5.74) is 0. The molecule has 10 heavy (non-hydrogen) atoms. The SMILES string of the molecule is O=P(OF)(OF)OF.[NaH].[V]. The first-order chi connectivity index (χ1) is 3.68. The van der Waals surface area contributed by atoms with Gasteiger partial charge < -0.3 is 0 Å². The van der Waals surface area contributed by atoms with Gasteiger partial charge in [-0.1, -0.05) is 14.2 Å². The minimum atomic E-state index is -5.16. The third-order valence-electron chi connectivity index (χ3n) is 0.254. The molecule has 0 N–H and O–H groups in total. The van der Waals surface area contributed by atoms with E-state index in [1.54, 1.807) is 0 Å². The molecule has 0 heterocycles. The molecule has 0 amide bonds. The van der Waals surface area contributed by atoms with E-state index in [1.165, 1.54) is 0 Å². The molecule has 0 aromatic rings. The number of hydrogen-bond acceptors (Lipinski definition) is 4. The van der Waals surface area contributed by atoms with Crippen LogP contribution in [0.15, 0.2) is 0 Å². The minimum Gasteiger partial charge on any atom is 0 e. The van der Waals surface area contributed by atoms with Crippen LogP contribution in [0.1, 0.15) is 0 Å². The van der Waals surface area contributed by atoms with E-state index in [-0.39, 0.29) is 48.1 Å². The third-order valence-corrected chi connectivity index (χ3v) is 0.761. The molecule has 0 atom stereocenters. The fourth-order valence-electron chi connectivity index (χ4n) is 0.0319. The first-order valence-corrected chi connectivity index (χ1v) is 2.65. The molecule has 0 saturated carbocycles. The second kappa shape index (κ2) is 8.58. The Morgan fingerprint density at radius 1 is 1.00 bits per heavy atom. The molecule has 0 saturated heterocycles. The van der Waals surface area contributed by atoms with Gasteiger partial charge in [0.05, 0.1) is 0 Å². The molecule has 0 aliphatic heterocycles. The Morgan fingerprint density at radius 2 is 1.20 bits per heavy atom. The van der Waals surface area contributed by atoms with Gasteiger partial charge in [0.1, 0.15) is 0 Å². The third kappa shape index (κ3) is 6.21. The van der Waals surface area contributed by atoms with Crippen molar-refractivity contribution < 1.29 is 50.9 Å². The molecule has 0 rings (SSSR count). The quantitative estimate of drug-likeness (QED) is 0.535. The molecule has 10 heteroatoms. The number of hydrogen-bond donors (Lipinski definition) is 0. The van der Waals surface area contributed by atoms with Crippen molar-refractivity contribution in [2.45, 2.75) is 0 Å². The normalized spacial score (nSPS) is 9.50. The zero-order valence-corrected chi connectivity index (χ0v) is 5.95. The van der Waals surface area contributed by atoms with E-state index in [0.29, 0.717) is 0 Å². The van der Waals surface area contributed by atoms with Crippen molar-refractivity contribution >= 4 is 37.4 Å². The monoisotopic (exact) mass is 227 g/mol. The first-order valence-electron chi connectivity index (χ1n) is 1.19. The summed E-state index contributed by atoms with van der Waals surface area (Å²) in [7, 11) is -5.16. The average Bonchev–Trinajstić information content (AvgIpc) is 1.87. The Kier molecular flexibility index (Phi) is 15.0. The summed E-state index contributed by atoms with van der Waals surface area (Å²) in [5, 5.41) is 0. The van der Waals surface area contributed by atoms with Gasteiger partial charge in [-0.05, 0) is 13.6 Å². The first kappa shape index (κ1) is 17.5. The van der Waals surface area contributed by atoms with Crippen molar-refractivity contribution in [1.82, 2.24) is 0 Å². The average molecular weight is 227 g/mol. The largest absolute Gasteiger partial charge is 0 e. The van der Waals surface area contributed by atoms with Crippen LogP contribution in [0.5, 0.6) is 0 Å². The standard InChI is InChI=1S/F3O4P.Na.V.H/c1-5-8(4,6-2)7-3;;;. The van der Waals surface area contributed by atoms with Crippen LogP contribution in [0.3, 0.4) is 0 Å². The van der Waals surface area contributed by atoms with Gasteiger partial charge in [0, 0.05) is 18.6 Å². The van der Waals surface area contributed by atoms with Gasteiger partial charge in [-0.25, -0.2) is 4.57 Å². The number of halogens is 3. The Hall–Kier alpha value is 1.48. The van der Waals surface area contributed by atoms with Crippen LogP contribution in [-0.2, 0) is 37.3 Å². The van der Waals surface area contributed by atoms with E-state index in [4.69, 9.17) is 0 Å². The van der Waals surface area contributed by atoms with Crippen molar-refractivity contribution in [2.24, 2.45) is 0 Å². The smallest absolute Gasteiger partial charge is 0 e. The van der Waals surface area contributed by atoms with Crippen LogP contribution in [0.25, 0.3) is 0 Å². The molecule has 1 radical (unpaired) electrons. The molecule has 0 unspecified atom stereocenters. The van der Waals surface area contributed by atoms with Gasteiger partial charge in [0.15, 0.2) is 0 Å². The molecule has 0 spiro atoms. The second-order valence-corrected chi connectivity index (χ2v) is 1.96. The maximum absolute atomic E-state index is 10.5. The minimum absolute atomic E-state index is 0. The van der Waals surface area contributed by atoms with Gasteiger partial charge in [-0.15, -0.1) is 0 Å². The van der Waals surface area contributed by atoms with E-state index in [9.17, 15) is 18.1 Å².